The first-order chi connectivity index (χ1) is 9.69. The number of nitrogens with zero attached hydrogens (tertiary/aromatic N) is 1. The van der Waals surface area contributed by atoms with Gasteiger partial charge in [0.1, 0.15) is 5.82 Å². The van der Waals surface area contributed by atoms with Gasteiger partial charge in [-0.05, 0) is 31.2 Å². The summed E-state index contributed by atoms with van der Waals surface area (Å²) in [5.41, 5.74) is 0.715. The lowest BCUT2D eigenvalue weighted by atomic mass is 10.0. The molecule has 4 heteroatoms. The molecule has 0 amide bonds. The summed E-state index contributed by atoms with van der Waals surface area (Å²) in [4.78, 5) is 2.42. The molecule has 110 valence electrons. The van der Waals surface area contributed by atoms with E-state index in [4.69, 9.17) is 11.6 Å². The van der Waals surface area contributed by atoms with Crippen molar-refractivity contribution < 1.29 is 4.39 Å². The van der Waals surface area contributed by atoms with Crippen LogP contribution < -0.4 is 5.32 Å². The number of halogens is 2. The van der Waals surface area contributed by atoms with E-state index in [9.17, 15) is 4.39 Å². The zero-order valence-electron chi connectivity index (χ0n) is 11.9. The molecule has 1 aliphatic carbocycles. The summed E-state index contributed by atoms with van der Waals surface area (Å²) in [6.45, 7) is 4.90. The molecule has 1 aromatic rings. The zero-order chi connectivity index (χ0) is 14.1. The van der Waals surface area contributed by atoms with E-state index in [0.29, 0.717) is 24.2 Å². The van der Waals surface area contributed by atoms with Gasteiger partial charge in [-0.1, -0.05) is 30.7 Å². The Bertz CT molecular complexity index is 476. The van der Waals surface area contributed by atoms with Gasteiger partial charge in [0.05, 0.1) is 5.02 Å². The SMILES string of the molecule is CCC1CNC(C2CC2)CN1Cc1cccc(Cl)c1F. The molecule has 0 radical (unpaired) electrons. The van der Waals surface area contributed by atoms with E-state index in [1.54, 1.807) is 6.07 Å². The Hall–Kier alpha value is -0.640. The second-order valence-corrected chi connectivity index (χ2v) is 6.46. The minimum Gasteiger partial charge on any atom is -0.311 e. The number of piperazine rings is 1. The van der Waals surface area contributed by atoms with Gasteiger partial charge in [0.2, 0.25) is 0 Å². The standard InChI is InChI=1S/C16H22ClFN2/c1-2-13-8-19-15(11-6-7-11)10-20(13)9-12-4-3-5-14(17)16(12)18/h3-5,11,13,15,19H,2,6-10H2,1H3. The molecule has 0 bridgehead atoms. The Morgan fingerprint density at radius 1 is 1.40 bits per heavy atom. The normalized spacial score (nSPS) is 27.8. The molecular weight excluding hydrogens is 275 g/mol. The molecule has 0 spiro atoms. The third-order valence-corrected chi connectivity index (χ3v) is 4.92. The molecule has 2 unspecified atom stereocenters. The van der Waals surface area contributed by atoms with Crippen LogP contribution in [-0.2, 0) is 6.54 Å². The van der Waals surface area contributed by atoms with Gasteiger partial charge in [-0.2, -0.15) is 0 Å². The van der Waals surface area contributed by atoms with Crippen molar-refractivity contribution in [2.45, 2.75) is 44.8 Å². The molecule has 1 aromatic carbocycles. The van der Waals surface area contributed by atoms with Gasteiger partial charge in [0.15, 0.2) is 0 Å². The van der Waals surface area contributed by atoms with Gasteiger partial charge in [-0.25, -0.2) is 4.39 Å². The molecule has 2 atom stereocenters. The number of rotatable bonds is 4. The van der Waals surface area contributed by atoms with E-state index in [-0.39, 0.29) is 10.8 Å². The van der Waals surface area contributed by atoms with Crippen molar-refractivity contribution in [3.05, 3.63) is 34.6 Å². The molecular formula is C16H22ClFN2. The highest BCUT2D eigenvalue weighted by Crippen LogP contribution is 2.35. The van der Waals surface area contributed by atoms with E-state index < -0.39 is 0 Å². The predicted molar refractivity (Wildman–Crippen MR) is 80.4 cm³/mol. The van der Waals surface area contributed by atoms with Crippen molar-refractivity contribution >= 4 is 11.6 Å². The Morgan fingerprint density at radius 2 is 2.20 bits per heavy atom. The number of nitrogens with one attached hydrogen (secondary N) is 1. The number of benzene rings is 1. The van der Waals surface area contributed by atoms with Gasteiger partial charge >= 0.3 is 0 Å². The highest BCUT2D eigenvalue weighted by Gasteiger charge is 2.36. The van der Waals surface area contributed by atoms with Gasteiger partial charge in [-0.3, -0.25) is 4.90 Å². The van der Waals surface area contributed by atoms with Crippen LogP contribution in [-0.4, -0.2) is 30.1 Å². The van der Waals surface area contributed by atoms with Crippen LogP contribution in [0.3, 0.4) is 0 Å². The van der Waals surface area contributed by atoms with Crippen LogP contribution in [0.25, 0.3) is 0 Å². The van der Waals surface area contributed by atoms with Crippen LogP contribution in [0, 0.1) is 11.7 Å². The van der Waals surface area contributed by atoms with Crippen LogP contribution in [0.2, 0.25) is 5.02 Å². The molecule has 2 fully saturated rings. The summed E-state index contributed by atoms with van der Waals surface area (Å²) in [6, 6.07) is 6.37. The van der Waals surface area contributed by atoms with Gasteiger partial charge < -0.3 is 5.32 Å². The molecule has 2 nitrogen and oxygen atoms in total. The topological polar surface area (TPSA) is 15.3 Å². The molecule has 1 N–H and O–H groups in total. The smallest absolute Gasteiger partial charge is 0.146 e. The Morgan fingerprint density at radius 3 is 2.90 bits per heavy atom. The molecule has 0 aromatic heterocycles. The summed E-state index contributed by atoms with van der Waals surface area (Å²) < 4.78 is 14.1. The van der Waals surface area contributed by atoms with E-state index in [1.165, 1.54) is 12.8 Å². The minimum atomic E-state index is -0.259. The fraction of sp³-hybridized carbons (Fsp3) is 0.625. The second kappa shape index (κ2) is 6.00. The maximum absolute atomic E-state index is 14.1. The van der Waals surface area contributed by atoms with Crippen LogP contribution >= 0.6 is 11.6 Å². The maximum atomic E-state index is 14.1. The fourth-order valence-corrected chi connectivity index (χ4v) is 3.38. The van der Waals surface area contributed by atoms with E-state index in [0.717, 1.165) is 25.4 Å². The third-order valence-electron chi connectivity index (χ3n) is 4.63. The van der Waals surface area contributed by atoms with Gasteiger partial charge in [0, 0.05) is 37.3 Å². The molecule has 1 heterocycles. The number of hydrogen-bond acceptors (Lipinski definition) is 2. The first-order valence-corrected chi connectivity index (χ1v) is 7.97. The highest BCUT2D eigenvalue weighted by atomic mass is 35.5. The zero-order valence-corrected chi connectivity index (χ0v) is 12.7. The van der Waals surface area contributed by atoms with Crippen molar-refractivity contribution in [3.63, 3.8) is 0 Å². The average Bonchev–Trinajstić information content (AvgIpc) is 3.28. The summed E-state index contributed by atoms with van der Waals surface area (Å²) in [5, 5.41) is 3.89. The first kappa shape index (κ1) is 14.3. The Balaban J connectivity index is 1.73. The van der Waals surface area contributed by atoms with Crippen LogP contribution in [0.4, 0.5) is 4.39 Å². The Labute approximate surface area is 125 Å². The van der Waals surface area contributed by atoms with Crippen molar-refractivity contribution in [2.24, 2.45) is 5.92 Å². The van der Waals surface area contributed by atoms with E-state index in [1.807, 2.05) is 12.1 Å². The summed E-state index contributed by atoms with van der Waals surface area (Å²) in [5.74, 6) is 0.574. The van der Waals surface area contributed by atoms with Crippen molar-refractivity contribution in [1.82, 2.24) is 10.2 Å². The summed E-state index contributed by atoms with van der Waals surface area (Å²) in [6.07, 6.45) is 3.77. The van der Waals surface area contributed by atoms with Crippen molar-refractivity contribution in [1.29, 1.82) is 0 Å². The molecule has 1 saturated heterocycles. The lowest BCUT2D eigenvalue weighted by Gasteiger charge is -2.40. The summed E-state index contributed by atoms with van der Waals surface area (Å²) in [7, 11) is 0. The molecule has 1 aliphatic heterocycles. The van der Waals surface area contributed by atoms with Crippen LogP contribution in [0.1, 0.15) is 31.7 Å². The monoisotopic (exact) mass is 296 g/mol. The van der Waals surface area contributed by atoms with Crippen LogP contribution in [0.5, 0.6) is 0 Å². The van der Waals surface area contributed by atoms with Crippen LogP contribution in [0.15, 0.2) is 18.2 Å². The highest BCUT2D eigenvalue weighted by molar-refractivity contribution is 6.30. The maximum Gasteiger partial charge on any atom is 0.146 e. The van der Waals surface area contributed by atoms with Crippen molar-refractivity contribution in [3.8, 4) is 0 Å². The van der Waals surface area contributed by atoms with Gasteiger partial charge in [0.25, 0.3) is 0 Å². The number of hydrogen-bond donors (Lipinski definition) is 1. The summed E-state index contributed by atoms with van der Waals surface area (Å²) >= 11 is 5.89. The van der Waals surface area contributed by atoms with Gasteiger partial charge in [-0.15, -0.1) is 0 Å². The lowest BCUT2D eigenvalue weighted by molar-refractivity contribution is 0.110. The molecule has 1 saturated carbocycles. The third kappa shape index (κ3) is 3.00. The Kier molecular flexibility index (Phi) is 4.29. The second-order valence-electron chi connectivity index (χ2n) is 6.06. The van der Waals surface area contributed by atoms with Crippen molar-refractivity contribution in [2.75, 3.05) is 13.1 Å². The average molecular weight is 297 g/mol. The molecule has 3 rings (SSSR count). The molecule has 2 aliphatic rings. The minimum absolute atomic E-state index is 0.226. The fourth-order valence-electron chi connectivity index (χ4n) is 3.18. The largest absolute Gasteiger partial charge is 0.311 e. The predicted octanol–water partition coefficient (Wildman–Crippen LogP) is 3.44. The molecule has 20 heavy (non-hydrogen) atoms. The lowest BCUT2D eigenvalue weighted by Crippen LogP contribution is -2.56. The first-order valence-electron chi connectivity index (χ1n) is 7.59. The van der Waals surface area contributed by atoms with E-state index >= 15 is 0 Å². The van der Waals surface area contributed by atoms with E-state index in [2.05, 4.69) is 17.1 Å². The quantitative estimate of drug-likeness (QED) is 0.915.